The summed E-state index contributed by atoms with van der Waals surface area (Å²) in [7, 11) is -1.89. The van der Waals surface area contributed by atoms with Crippen LogP contribution in [0, 0.1) is 0 Å². The van der Waals surface area contributed by atoms with Crippen molar-refractivity contribution in [3.8, 4) is 0 Å². The van der Waals surface area contributed by atoms with Gasteiger partial charge in [-0.15, -0.1) is 0 Å². The van der Waals surface area contributed by atoms with Crippen LogP contribution in [0.5, 0.6) is 0 Å². The van der Waals surface area contributed by atoms with Gasteiger partial charge in [0.2, 0.25) is 0 Å². The molecule has 1 aliphatic heterocycles. The van der Waals surface area contributed by atoms with Crippen molar-refractivity contribution in [1.29, 1.82) is 0 Å². The van der Waals surface area contributed by atoms with Crippen LogP contribution >= 0.6 is 0 Å². The predicted molar refractivity (Wildman–Crippen MR) is 85.7 cm³/mol. The van der Waals surface area contributed by atoms with E-state index in [1.807, 2.05) is 30.3 Å². The Bertz CT molecular complexity index is 708. The fraction of sp³-hybridized carbons (Fsp3) is 0.467. The standard InChI is InChI=1S/C15H21N3O3S/c1-21-11-14-6-4-8-18(14)22(19,20)16-10-13-9-12-5-2-3-7-15(12)17-13/h2-3,5,7,9,14,16-17H,4,6,8,10-11H2,1H3. The molecule has 2 N–H and O–H groups in total. The summed E-state index contributed by atoms with van der Waals surface area (Å²) in [6, 6.07) is 9.79. The lowest BCUT2D eigenvalue weighted by atomic mass is 10.2. The monoisotopic (exact) mass is 323 g/mol. The molecule has 1 fully saturated rings. The molecule has 0 aliphatic carbocycles. The molecule has 1 saturated heterocycles. The van der Waals surface area contributed by atoms with Crippen molar-refractivity contribution in [2.45, 2.75) is 25.4 Å². The highest BCUT2D eigenvalue weighted by Crippen LogP contribution is 2.21. The van der Waals surface area contributed by atoms with Crippen LogP contribution in [0.15, 0.2) is 30.3 Å². The number of methoxy groups -OCH3 is 1. The summed E-state index contributed by atoms with van der Waals surface area (Å²) in [5.41, 5.74) is 1.86. The third-order valence-electron chi connectivity index (χ3n) is 4.02. The van der Waals surface area contributed by atoms with Crippen molar-refractivity contribution in [1.82, 2.24) is 14.0 Å². The summed E-state index contributed by atoms with van der Waals surface area (Å²) in [6.45, 7) is 1.25. The Morgan fingerprint density at radius 3 is 3.00 bits per heavy atom. The maximum absolute atomic E-state index is 12.5. The van der Waals surface area contributed by atoms with E-state index in [-0.39, 0.29) is 12.6 Å². The van der Waals surface area contributed by atoms with E-state index in [9.17, 15) is 8.42 Å². The minimum absolute atomic E-state index is 0.0646. The number of benzene rings is 1. The molecular formula is C15H21N3O3S. The molecule has 7 heteroatoms. The third kappa shape index (κ3) is 3.17. The van der Waals surface area contributed by atoms with Gasteiger partial charge in [0.25, 0.3) is 10.2 Å². The highest BCUT2D eigenvalue weighted by Gasteiger charge is 2.33. The Labute approximate surface area is 130 Å². The molecule has 6 nitrogen and oxygen atoms in total. The molecule has 0 saturated carbocycles. The first-order valence-corrected chi connectivity index (χ1v) is 8.86. The molecule has 2 heterocycles. The van der Waals surface area contributed by atoms with Gasteiger partial charge in [-0.1, -0.05) is 18.2 Å². The van der Waals surface area contributed by atoms with Crippen LogP contribution in [-0.4, -0.2) is 44.0 Å². The van der Waals surface area contributed by atoms with Crippen LogP contribution in [-0.2, 0) is 21.5 Å². The summed E-state index contributed by atoms with van der Waals surface area (Å²) in [5, 5.41) is 1.08. The molecule has 3 rings (SSSR count). The Morgan fingerprint density at radius 2 is 2.23 bits per heavy atom. The largest absolute Gasteiger partial charge is 0.383 e. The van der Waals surface area contributed by atoms with Crippen molar-refractivity contribution in [3.63, 3.8) is 0 Å². The van der Waals surface area contributed by atoms with E-state index in [2.05, 4.69) is 9.71 Å². The van der Waals surface area contributed by atoms with Crippen molar-refractivity contribution in [3.05, 3.63) is 36.0 Å². The van der Waals surface area contributed by atoms with Gasteiger partial charge < -0.3 is 9.72 Å². The van der Waals surface area contributed by atoms with Gasteiger partial charge >= 0.3 is 0 Å². The number of para-hydroxylation sites is 1. The first kappa shape index (κ1) is 15.5. The Balaban J connectivity index is 1.69. The smallest absolute Gasteiger partial charge is 0.280 e. The maximum atomic E-state index is 12.5. The van der Waals surface area contributed by atoms with E-state index in [4.69, 9.17) is 4.74 Å². The van der Waals surface area contributed by atoms with E-state index < -0.39 is 10.2 Å². The van der Waals surface area contributed by atoms with E-state index in [1.165, 1.54) is 4.31 Å². The van der Waals surface area contributed by atoms with Crippen molar-refractivity contribution >= 4 is 21.1 Å². The molecule has 0 radical (unpaired) electrons. The van der Waals surface area contributed by atoms with Gasteiger partial charge in [0, 0.05) is 30.9 Å². The van der Waals surface area contributed by atoms with Gasteiger partial charge in [-0.25, -0.2) is 0 Å². The molecule has 1 atom stereocenters. The average Bonchev–Trinajstić information content (AvgIpc) is 3.12. The molecule has 22 heavy (non-hydrogen) atoms. The van der Waals surface area contributed by atoms with Crippen LogP contribution in [0.25, 0.3) is 10.9 Å². The molecule has 0 spiro atoms. The highest BCUT2D eigenvalue weighted by molar-refractivity contribution is 7.87. The average molecular weight is 323 g/mol. The number of hydrogen-bond donors (Lipinski definition) is 2. The van der Waals surface area contributed by atoms with Gasteiger partial charge in [-0.05, 0) is 30.4 Å². The van der Waals surface area contributed by atoms with Crippen LogP contribution in [0.3, 0.4) is 0 Å². The van der Waals surface area contributed by atoms with E-state index in [1.54, 1.807) is 7.11 Å². The molecule has 1 aromatic carbocycles. The number of nitrogens with one attached hydrogen (secondary N) is 2. The van der Waals surface area contributed by atoms with E-state index in [0.717, 1.165) is 29.4 Å². The van der Waals surface area contributed by atoms with Gasteiger partial charge in [-0.2, -0.15) is 17.4 Å². The van der Waals surface area contributed by atoms with Crippen LogP contribution in [0.1, 0.15) is 18.5 Å². The lowest BCUT2D eigenvalue weighted by molar-refractivity contribution is 0.148. The Morgan fingerprint density at radius 1 is 1.41 bits per heavy atom. The first-order chi connectivity index (χ1) is 10.6. The number of aromatic amines is 1. The Kier molecular flexibility index (Phi) is 4.49. The molecule has 1 unspecified atom stereocenters. The van der Waals surface area contributed by atoms with Crippen LogP contribution in [0.4, 0.5) is 0 Å². The van der Waals surface area contributed by atoms with E-state index >= 15 is 0 Å². The molecule has 0 amide bonds. The number of H-pyrrole nitrogens is 1. The number of fused-ring (bicyclic) bond motifs is 1. The molecule has 2 aromatic rings. The lowest BCUT2D eigenvalue weighted by Gasteiger charge is -2.23. The topological polar surface area (TPSA) is 74.4 Å². The predicted octanol–water partition coefficient (Wildman–Crippen LogP) is 1.61. The summed E-state index contributed by atoms with van der Waals surface area (Å²) in [4.78, 5) is 3.22. The molecular weight excluding hydrogens is 302 g/mol. The summed E-state index contributed by atoms with van der Waals surface area (Å²) < 4.78 is 34.2. The third-order valence-corrected chi connectivity index (χ3v) is 5.63. The number of hydrogen-bond acceptors (Lipinski definition) is 3. The highest BCUT2D eigenvalue weighted by atomic mass is 32.2. The number of nitrogens with zero attached hydrogens (tertiary/aromatic N) is 1. The van der Waals surface area contributed by atoms with Gasteiger partial charge in [0.1, 0.15) is 0 Å². The first-order valence-electron chi connectivity index (χ1n) is 7.42. The van der Waals surface area contributed by atoms with Gasteiger partial charge in [0.05, 0.1) is 13.2 Å². The van der Waals surface area contributed by atoms with Gasteiger partial charge in [-0.3, -0.25) is 0 Å². The van der Waals surface area contributed by atoms with Crippen molar-refractivity contribution in [2.24, 2.45) is 0 Å². The normalized spacial score (nSPS) is 20.0. The second-order valence-corrected chi connectivity index (χ2v) is 7.28. The molecule has 1 aromatic heterocycles. The van der Waals surface area contributed by atoms with Crippen molar-refractivity contribution < 1.29 is 13.2 Å². The fourth-order valence-corrected chi connectivity index (χ4v) is 4.40. The lowest BCUT2D eigenvalue weighted by Crippen LogP contribution is -2.44. The molecule has 0 bridgehead atoms. The van der Waals surface area contributed by atoms with E-state index in [0.29, 0.717) is 13.2 Å². The summed E-state index contributed by atoms with van der Waals surface area (Å²) in [6.07, 6.45) is 1.72. The molecule has 120 valence electrons. The summed E-state index contributed by atoms with van der Waals surface area (Å²) in [5.74, 6) is 0. The fourth-order valence-electron chi connectivity index (χ4n) is 2.97. The minimum atomic E-state index is -3.48. The number of rotatable bonds is 6. The zero-order valence-corrected chi connectivity index (χ0v) is 13.4. The Hall–Kier alpha value is -1.41. The maximum Gasteiger partial charge on any atom is 0.280 e. The summed E-state index contributed by atoms with van der Waals surface area (Å²) >= 11 is 0. The molecule has 1 aliphatic rings. The number of ether oxygens (including phenoxy) is 1. The van der Waals surface area contributed by atoms with Crippen LogP contribution < -0.4 is 4.72 Å². The zero-order chi connectivity index (χ0) is 15.6. The van der Waals surface area contributed by atoms with Gasteiger partial charge in [0.15, 0.2) is 0 Å². The second-order valence-electron chi connectivity index (χ2n) is 5.57. The second kappa shape index (κ2) is 6.37. The zero-order valence-electron chi connectivity index (χ0n) is 12.6. The number of aromatic nitrogens is 1. The van der Waals surface area contributed by atoms with Crippen molar-refractivity contribution in [2.75, 3.05) is 20.3 Å². The SMILES string of the molecule is COCC1CCCN1S(=O)(=O)NCc1cc2ccccc2[nH]1. The minimum Gasteiger partial charge on any atom is -0.383 e. The van der Waals surface area contributed by atoms with Crippen LogP contribution in [0.2, 0.25) is 0 Å². The quantitative estimate of drug-likeness (QED) is 0.848.